The molecule has 0 heterocycles. The van der Waals surface area contributed by atoms with E-state index in [-0.39, 0.29) is 38.1 Å². The van der Waals surface area contributed by atoms with Gasteiger partial charge in [-0.3, -0.25) is 18.9 Å². The van der Waals surface area contributed by atoms with Gasteiger partial charge in [-0.25, -0.2) is 4.57 Å². The molecule has 0 aliphatic heterocycles. The summed E-state index contributed by atoms with van der Waals surface area (Å²) in [7, 11) is -4.82. The molecular formula is C41H71O9P. The molecule has 0 spiro atoms. The van der Waals surface area contributed by atoms with Gasteiger partial charge < -0.3 is 19.3 Å². The molecule has 51 heavy (non-hydrogen) atoms. The molecule has 0 unspecified atom stereocenters. The SMILES string of the molecule is CCCCC/C=C\C/C=C\C/C=C\C=C\C(=O)CCCC(=O)O[C@H](COC(=O)CCCCCCCCCCCCCCCCC)COP(=O)(O)O. The van der Waals surface area contributed by atoms with Crippen molar-refractivity contribution in [2.45, 2.75) is 180 Å². The van der Waals surface area contributed by atoms with E-state index in [1.54, 1.807) is 6.08 Å². The molecule has 0 fully saturated rings. The third-order valence-corrected chi connectivity index (χ3v) is 8.81. The number of carbonyl (C=O) groups is 3. The Morgan fingerprint density at radius 1 is 0.569 bits per heavy atom. The van der Waals surface area contributed by atoms with E-state index >= 15 is 0 Å². The Bertz CT molecular complexity index is 1030. The van der Waals surface area contributed by atoms with Crippen LogP contribution < -0.4 is 0 Å². The van der Waals surface area contributed by atoms with Gasteiger partial charge in [0.1, 0.15) is 6.61 Å². The molecule has 10 heteroatoms. The Labute approximate surface area is 310 Å². The molecule has 0 aromatic carbocycles. The number of phosphoric ester groups is 1. The number of hydrogen-bond donors (Lipinski definition) is 2. The summed E-state index contributed by atoms with van der Waals surface area (Å²) in [6.45, 7) is 3.45. The van der Waals surface area contributed by atoms with Crippen LogP contribution in [0.15, 0.2) is 48.6 Å². The van der Waals surface area contributed by atoms with Crippen LogP contribution in [0.25, 0.3) is 0 Å². The number of esters is 2. The molecule has 2 N–H and O–H groups in total. The van der Waals surface area contributed by atoms with Crippen molar-refractivity contribution in [3.05, 3.63) is 48.6 Å². The zero-order valence-electron chi connectivity index (χ0n) is 32.0. The summed E-state index contributed by atoms with van der Waals surface area (Å²) in [5, 5.41) is 0. The van der Waals surface area contributed by atoms with Gasteiger partial charge in [0.2, 0.25) is 0 Å². The molecule has 9 nitrogen and oxygen atoms in total. The monoisotopic (exact) mass is 738 g/mol. The molecule has 1 atom stereocenters. The largest absolute Gasteiger partial charge is 0.469 e. The Morgan fingerprint density at radius 2 is 1.08 bits per heavy atom. The Balaban J connectivity index is 4.15. The van der Waals surface area contributed by atoms with Crippen molar-refractivity contribution in [3.63, 3.8) is 0 Å². The predicted octanol–water partition coefficient (Wildman–Crippen LogP) is 11.1. The number of carbonyl (C=O) groups excluding carboxylic acids is 3. The van der Waals surface area contributed by atoms with Crippen LogP contribution in [0.1, 0.15) is 174 Å². The molecule has 294 valence electrons. The van der Waals surface area contributed by atoms with Crippen molar-refractivity contribution < 1.29 is 42.7 Å². The average molecular weight is 739 g/mol. The van der Waals surface area contributed by atoms with Crippen LogP contribution in [0, 0.1) is 0 Å². The fraction of sp³-hybridized carbons (Fsp3) is 0.732. The van der Waals surface area contributed by atoms with Crippen LogP contribution in [0.4, 0.5) is 0 Å². The first-order chi connectivity index (χ1) is 24.7. The number of unbranched alkanes of at least 4 members (excludes halogenated alkanes) is 17. The van der Waals surface area contributed by atoms with E-state index in [0.29, 0.717) is 6.42 Å². The topological polar surface area (TPSA) is 136 Å². The zero-order chi connectivity index (χ0) is 37.7. The maximum Gasteiger partial charge on any atom is 0.469 e. The highest BCUT2D eigenvalue weighted by Gasteiger charge is 2.23. The third kappa shape index (κ3) is 38.7. The quantitative estimate of drug-likeness (QED) is 0.0161. The second kappa shape index (κ2) is 36.1. The third-order valence-electron chi connectivity index (χ3n) is 8.33. The lowest BCUT2D eigenvalue weighted by Gasteiger charge is -2.18. The van der Waals surface area contributed by atoms with Crippen LogP contribution in [-0.2, 0) is 32.9 Å². The molecule has 0 aromatic rings. The van der Waals surface area contributed by atoms with Crippen molar-refractivity contribution in [3.8, 4) is 0 Å². The number of hydrogen-bond acceptors (Lipinski definition) is 7. The van der Waals surface area contributed by atoms with Gasteiger partial charge in [0, 0.05) is 19.3 Å². The van der Waals surface area contributed by atoms with Crippen molar-refractivity contribution >= 4 is 25.5 Å². The van der Waals surface area contributed by atoms with Gasteiger partial charge in [0.15, 0.2) is 11.9 Å². The van der Waals surface area contributed by atoms with E-state index in [2.05, 4.69) is 42.7 Å². The first-order valence-electron chi connectivity index (χ1n) is 19.9. The van der Waals surface area contributed by atoms with E-state index in [4.69, 9.17) is 19.3 Å². The van der Waals surface area contributed by atoms with Crippen LogP contribution in [0.5, 0.6) is 0 Å². The fourth-order valence-corrected chi connectivity index (χ4v) is 5.69. The van der Waals surface area contributed by atoms with Gasteiger partial charge in [-0.05, 0) is 44.6 Å². The van der Waals surface area contributed by atoms with Gasteiger partial charge in [0.05, 0.1) is 6.61 Å². The smallest absolute Gasteiger partial charge is 0.462 e. The van der Waals surface area contributed by atoms with Crippen LogP contribution in [0.2, 0.25) is 0 Å². The summed E-state index contributed by atoms with van der Waals surface area (Å²) in [5.41, 5.74) is 0. The molecule has 0 aliphatic carbocycles. The Kier molecular flexibility index (Phi) is 34.4. The van der Waals surface area contributed by atoms with Gasteiger partial charge in [-0.1, -0.05) is 159 Å². The van der Waals surface area contributed by atoms with Crippen molar-refractivity contribution in [1.82, 2.24) is 0 Å². The number of phosphoric acid groups is 1. The lowest BCUT2D eigenvalue weighted by molar-refractivity contribution is -0.161. The van der Waals surface area contributed by atoms with Gasteiger partial charge in [-0.15, -0.1) is 0 Å². The highest BCUT2D eigenvalue weighted by atomic mass is 31.2. The maximum atomic E-state index is 12.4. The predicted molar refractivity (Wildman–Crippen MR) is 207 cm³/mol. The minimum Gasteiger partial charge on any atom is -0.462 e. The standard InChI is InChI=1S/C41H71O9P/c1-3-5-7-9-11-13-15-17-18-20-22-24-26-28-30-34-40(43)48-36-39(37-49-51(45,46)47)50-41(44)35-31-33-38(42)32-29-27-25-23-21-19-16-14-12-10-8-6-4-2/h12,14,19,21,25,27,29,32,39H,3-11,13,15-18,20,22-24,26,28,30-31,33-37H2,1-2H3,(H2,45,46,47)/b14-12-,21-19-,27-25-,32-29+/t39-/m1/s1. The lowest BCUT2D eigenvalue weighted by Crippen LogP contribution is -2.29. The molecule has 0 rings (SSSR count). The molecule has 0 aromatic heterocycles. The average Bonchev–Trinajstić information content (AvgIpc) is 3.09. The Morgan fingerprint density at radius 3 is 1.67 bits per heavy atom. The summed E-state index contributed by atoms with van der Waals surface area (Å²) in [6.07, 6.45) is 39.8. The highest BCUT2D eigenvalue weighted by Crippen LogP contribution is 2.36. The minimum absolute atomic E-state index is 0.0766. The second-order valence-electron chi connectivity index (χ2n) is 13.3. The highest BCUT2D eigenvalue weighted by molar-refractivity contribution is 7.46. The number of ether oxygens (including phenoxy) is 2. The van der Waals surface area contributed by atoms with E-state index in [0.717, 1.165) is 38.5 Å². The first-order valence-corrected chi connectivity index (χ1v) is 21.4. The van der Waals surface area contributed by atoms with Crippen LogP contribution >= 0.6 is 7.82 Å². The van der Waals surface area contributed by atoms with Crippen LogP contribution in [0.3, 0.4) is 0 Å². The zero-order valence-corrected chi connectivity index (χ0v) is 32.9. The number of allylic oxidation sites excluding steroid dienone is 8. The van der Waals surface area contributed by atoms with Crippen molar-refractivity contribution in [2.75, 3.05) is 13.2 Å². The second-order valence-corrected chi connectivity index (χ2v) is 14.5. The molecule has 0 aliphatic rings. The molecular weight excluding hydrogens is 667 g/mol. The van der Waals surface area contributed by atoms with E-state index < -0.39 is 32.5 Å². The van der Waals surface area contributed by atoms with Gasteiger partial charge >= 0.3 is 19.8 Å². The lowest BCUT2D eigenvalue weighted by atomic mass is 10.0. The molecule has 0 saturated heterocycles. The summed E-state index contributed by atoms with van der Waals surface area (Å²) < 4.78 is 26.1. The minimum atomic E-state index is -4.82. The fourth-order valence-electron chi connectivity index (χ4n) is 5.33. The molecule has 0 amide bonds. The van der Waals surface area contributed by atoms with E-state index in [1.165, 1.54) is 96.0 Å². The molecule has 0 saturated carbocycles. The van der Waals surface area contributed by atoms with Gasteiger partial charge in [0.25, 0.3) is 0 Å². The number of ketones is 1. The summed E-state index contributed by atoms with van der Waals surface area (Å²) in [5.74, 6) is -1.27. The van der Waals surface area contributed by atoms with Crippen molar-refractivity contribution in [2.24, 2.45) is 0 Å². The summed E-state index contributed by atoms with van der Waals surface area (Å²) in [4.78, 5) is 54.8. The maximum absolute atomic E-state index is 12.4. The summed E-state index contributed by atoms with van der Waals surface area (Å²) in [6, 6.07) is 0. The summed E-state index contributed by atoms with van der Waals surface area (Å²) >= 11 is 0. The van der Waals surface area contributed by atoms with Crippen LogP contribution in [-0.4, -0.2) is 46.8 Å². The van der Waals surface area contributed by atoms with Gasteiger partial charge in [-0.2, -0.15) is 0 Å². The number of rotatable bonds is 36. The van der Waals surface area contributed by atoms with E-state index in [9.17, 15) is 18.9 Å². The van der Waals surface area contributed by atoms with Crippen molar-refractivity contribution in [1.29, 1.82) is 0 Å². The van der Waals surface area contributed by atoms with E-state index in [1.807, 2.05) is 12.2 Å². The first kappa shape index (κ1) is 48.7. The Hall–Kier alpha value is -2.32. The molecule has 0 bridgehead atoms. The normalized spacial score (nSPS) is 12.9. The molecule has 0 radical (unpaired) electrons.